The molecule has 0 spiro atoms. The molecule has 0 radical (unpaired) electrons. The molecular weight excluding hydrogens is 264 g/mol. The maximum atomic E-state index is 10.4. The summed E-state index contributed by atoms with van der Waals surface area (Å²) in [6.45, 7) is 2.41. The molecule has 0 bridgehead atoms. The van der Waals surface area contributed by atoms with Crippen LogP contribution in [-0.2, 0) is 22.8 Å². The van der Waals surface area contributed by atoms with Gasteiger partial charge in [-0.1, -0.05) is 60.7 Å². The lowest BCUT2D eigenvalue weighted by Crippen LogP contribution is -2.31. The van der Waals surface area contributed by atoms with Gasteiger partial charge in [0.2, 0.25) is 6.41 Å². The molecule has 21 heavy (non-hydrogen) atoms. The number of carbonyl (C=O) groups is 1. The average molecular weight is 284 g/mol. The molecule has 0 aliphatic carbocycles. The summed E-state index contributed by atoms with van der Waals surface area (Å²) in [4.78, 5) is 16.2. The summed E-state index contributed by atoms with van der Waals surface area (Å²) in [7, 11) is 0. The maximum absolute atomic E-state index is 10.4. The van der Waals surface area contributed by atoms with E-state index in [2.05, 4.69) is 17.4 Å². The molecule has 0 atom stereocenters. The SMILES string of the molecule is O=CNCCN(Cc1ccccc1)OCc1ccccc1. The first-order valence-corrected chi connectivity index (χ1v) is 7.01. The van der Waals surface area contributed by atoms with E-state index in [9.17, 15) is 4.79 Å². The molecule has 0 aromatic heterocycles. The van der Waals surface area contributed by atoms with E-state index in [0.29, 0.717) is 32.7 Å². The Balaban J connectivity index is 1.89. The molecule has 4 nitrogen and oxygen atoms in total. The third-order valence-electron chi connectivity index (χ3n) is 3.05. The number of benzene rings is 2. The van der Waals surface area contributed by atoms with E-state index in [1.54, 1.807) is 0 Å². The molecule has 110 valence electrons. The summed E-state index contributed by atoms with van der Waals surface area (Å²) < 4.78 is 0. The first kappa shape index (κ1) is 15.2. The van der Waals surface area contributed by atoms with Crippen molar-refractivity contribution < 1.29 is 9.63 Å². The Morgan fingerprint density at radius 1 is 0.952 bits per heavy atom. The summed E-state index contributed by atoms with van der Waals surface area (Å²) in [5.41, 5.74) is 2.30. The predicted octanol–water partition coefficient (Wildman–Crippen LogP) is 2.37. The van der Waals surface area contributed by atoms with Crippen molar-refractivity contribution in [1.29, 1.82) is 0 Å². The van der Waals surface area contributed by atoms with Gasteiger partial charge in [-0.2, -0.15) is 5.06 Å². The fraction of sp³-hybridized carbons (Fsp3) is 0.235. The number of nitrogens with one attached hydrogen (secondary N) is 1. The van der Waals surface area contributed by atoms with Crippen molar-refractivity contribution in [2.45, 2.75) is 13.2 Å². The Hall–Kier alpha value is -2.17. The molecule has 0 aliphatic heterocycles. The molecule has 0 aliphatic rings. The number of nitrogens with zero attached hydrogens (tertiary/aromatic N) is 1. The first-order chi connectivity index (χ1) is 10.4. The number of hydrogen-bond donors (Lipinski definition) is 1. The standard InChI is InChI=1S/C17H20N2O2/c20-15-18-11-12-19(13-16-7-3-1-4-8-16)21-14-17-9-5-2-6-10-17/h1-10,15H,11-14H2,(H,18,20). The first-order valence-electron chi connectivity index (χ1n) is 7.01. The summed E-state index contributed by atoms with van der Waals surface area (Å²) in [6, 6.07) is 20.2. The van der Waals surface area contributed by atoms with Gasteiger partial charge in [-0.15, -0.1) is 0 Å². The second-order valence-corrected chi connectivity index (χ2v) is 4.68. The molecule has 2 aromatic carbocycles. The quantitative estimate of drug-likeness (QED) is 0.437. The van der Waals surface area contributed by atoms with Crippen LogP contribution in [0.5, 0.6) is 0 Å². The molecule has 0 fully saturated rings. The minimum Gasteiger partial charge on any atom is -0.357 e. The Morgan fingerprint density at radius 3 is 2.19 bits per heavy atom. The van der Waals surface area contributed by atoms with E-state index in [1.807, 2.05) is 53.6 Å². The highest BCUT2D eigenvalue weighted by Gasteiger charge is 2.06. The van der Waals surface area contributed by atoms with Crippen LogP contribution in [0, 0.1) is 0 Å². The Bertz CT molecular complexity index is 517. The zero-order chi connectivity index (χ0) is 14.8. The van der Waals surface area contributed by atoms with Crippen LogP contribution in [0.1, 0.15) is 11.1 Å². The molecular formula is C17H20N2O2. The van der Waals surface area contributed by atoms with Crippen LogP contribution < -0.4 is 5.32 Å². The Kier molecular flexibility index (Phi) is 6.45. The largest absolute Gasteiger partial charge is 0.357 e. The fourth-order valence-electron chi connectivity index (χ4n) is 1.96. The van der Waals surface area contributed by atoms with E-state index in [-0.39, 0.29) is 0 Å². The van der Waals surface area contributed by atoms with Crippen LogP contribution in [0.15, 0.2) is 60.7 Å². The molecule has 1 amide bonds. The lowest BCUT2D eigenvalue weighted by molar-refractivity contribution is -0.175. The van der Waals surface area contributed by atoms with Gasteiger partial charge >= 0.3 is 0 Å². The molecule has 4 heteroatoms. The molecule has 0 heterocycles. The smallest absolute Gasteiger partial charge is 0.207 e. The van der Waals surface area contributed by atoms with Gasteiger partial charge < -0.3 is 5.32 Å². The Labute approximate surface area is 125 Å². The minimum atomic E-state index is 0.523. The van der Waals surface area contributed by atoms with Crippen LogP contribution >= 0.6 is 0 Å². The molecule has 2 rings (SSSR count). The van der Waals surface area contributed by atoms with Gasteiger partial charge in [-0.25, -0.2) is 0 Å². The van der Waals surface area contributed by atoms with Crippen molar-refractivity contribution in [3.05, 3.63) is 71.8 Å². The highest BCUT2D eigenvalue weighted by Crippen LogP contribution is 2.08. The van der Waals surface area contributed by atoms with Crippen LogP contribution in [0.4, 0.5) is 0 Å². The third kappa shape index (κ3) is 5.77. The third-order valence-corrected chi connectivity index (χ3v) is 3.05. The monoisotopic (exact) mass is 284 g/mol. The molecule has 0 saturated heterocycles. The zero-order valence-electron chi connectivity index (χ0n) is 11.9. The topological polar surface area (TPSA) is 41.6 Å². The second-order valence-electron chi connectivity index (χ2n) is 4.68. The van der Waals surface area contributed by atoms with E-state index >= 15 is 0 Å². The van der Waals surface area contributed by atoms with Crippen molar-refractivity contribution in [3.63, 3.8) is 0 Å². The molecule has 0 unspecified atom stereocenters. The van der Waals surface area contributed by atoms with E-state index < -0.39 is 0 Å². The van der Waals surface area contributed by atoms with Crippen molar-refractivity contribution in [2.24, 2.45) is 0 Å². The highest BCUT2D eigenvalue weighted by molar-refractivity contribution is 5.45. The summed E-state index contributed by atoms with van der Waals surface area (Å²) in [6.07, 6.45) is 0.706. The number of hydroxylamine groups is 2. The van der Waals surface area contributed by atoms with Crippen LogP contribution in [0.25, 0.3) is 0 Å². The van der Waals surface area contributed by atoms with Gasteiger partial charge in [0, 0.05) is 19.6 Å². The van der Waals surface area contributed by atoms with E-state index in [1.165, 1.54) is 5.56 Å². The highest BCUT2D eigenvalue weighted by atomic mass is 16.7. The lowest BCUT2D eigenvalue weighted by atomic mass is 10.2. The second kappa shape index (κ2) is 8.89. The van der Waals surface area contributed by atoms with Crippen molar-refractivity contribution in [1.82, 2.24) is 10.4 Å². The molecule has 1 N–H and O–H groups in total. The minimum absolute atomic E-state index is 0.523. The van der Waals surface area contributed by atoms with Crippen molar-refractivity contribution >= 4 is 6.41 Å². The van der Waals surface area contributed by atoms with Crippen molar-refractivity contribution in [2.75, 3.05) is 13.1 Å². The van der Waals surface area contributed by atoms with E-state index in [0.717, 1.165) is 5.56 Å². The summed E-state index contributed by atoms with van der Waals surface area (Å²) >= 11 is 0. The van der Waals surface area contributed by atoms with Gasteiger partial charge in [0.05, 0.1) is 6.61 Å². The van der Waals surface area contributed by atoms with Gasteiger partial charge in [0.1, 0.15) is 0 Å². The summed E-state index contributed by atoms with van der Waals surface area (Å²) in [5, 5.41) is 4.53. The number of carbonyl (C=O) groups excluding carboxylic acids is 1. The number of amides is 1. The van der Waals surface area contributed by atoms with E-state index in [4.69, 9.17) is 4.84 Å². The molecule has 0 saturated carbocycles. The van der Waals surface area contributed by atoms with Gasteiger partial charge in [-0.3, -0.25) is 9.63 Å². The zero-order valence-corrected chi connectivity index (χ0v) is 11.9. The van der Waals surface area contributed by atoms with Gasteiger partial charge in [0.15, 0.2) is 0 Å². The fourth-order valence-corrected chi connectivity index (χ4v) is 1.96. The van der Waals surface area contributed by atoms with Crippen LogP contribution in [0.2, 0.25) is 0 Å². The normalized spacial score (nSPS) is 10.5. The average Bonchev–Trinajstić information content (AvgIpc) is 2.54. The number of hydrogen-bond acceptors (Lipinski definition) is 3. The maximum Gasteiger partial charge on any atom is 0.207 e. The van der Waals surface area contributed by atoms with Gasteiger partial charge in [-0.05, 0) is 11.1 Å². The number of rotatable bonds is 9. The van der Waals surface area contributed by atoms with Crippen LogP contribution in [-0.4, -0.2) is 24.6 Å². The predicted molar refractivity (Wildman–Crippen MR) is 82.1 cm³/mol. The van der Waals surface area contributed by atoms with Gasteiger partial charge in [0.25, 0.3) is 0 Å². The summed E-state index contributed by atoms with van der Waals surface area (Å²) in [5.74, 6) is 0. The Morgan fingerprint density at radius 2 is 1.57 bits per heavy atom. The lowest BCUT2D eigenvalue weighted by Gasteiger charge is -2.22. The van der Waals surface area contributed by atoms with Crippen molar-refractivity contribution in [3.8, 4) is 0 Å². The van der Waals surface area contributed by atoms with Crippen LogP contribution in [0.3, 0.4) is 0 Å². The molecule has 2 aromatic rings.